The van der Waals surface area contributed by atoms with Crippen molar-refractivity contribution in [3.63, 3.8) is 0 Å². The van der Waals surface area contributed by atoms with Crippen molar-refractivity contribution < 1.29 is 9.53 Å². The zero-order valence-corrected chi connectivity index (χ0v) is 19.7. The number of benzene rings is 3. The van der Waals surface area contributed by atoms with Gasteiger partial charge in [-0.25, -0.2) is 0 Å². The van der Waals surface area contributed by atoms with E-state index in [2.05, 4.69) is 30.4 Å². The van der Waals surface area contributed by atoms with Gasteiger partial charge in [0.05, 0.1) is 11.1 Å². The zero-order valence-electron chi connectivity index (χ0n) is 18.1. The molecule has 3 aromatic carbocycles. The zero-order chi connectivity index (χ0) is 22.7. The maximum absolute atomic E-state index is 13.2. The first-order valence-corrected chi connectivity index (χ1v) is 11.5. The monoisotopic (exact) mass is 468 g/mol. The van der Waals surface area contributed by atoms with Crippen LogP contribution in [0, 0.1) is 13.8 Å². The molecule has 0 bridgehead atoms. The number of rotatable bonds is 8. The molecule has 0 radical (unpaired) electrons. The van der Waals surface area contributed by atoms with E-state index >= 15 is 0 Å². The summed E-state index contributed by atoms with van der Waals surface area (Å²) < 4.78 is 6.08. The molecular formula is C26H26Cl2N2O2. The van der Waals surface area contributed by atoms with Gasteiger partial charge in [-0.3, -0.25) is 4.79 Å². The lowest BCUT2D eigenvalue weighted by Crippen LogP contribution is -2.70. The third kappa shape index (κ3) is 4.78. The maximum atomic E-state index is 13.2. The fourth-order valence-electron chi connectivity index (χ4n) is 3.97. The third-order valence-corrected chi connectivity index (χ3v) is 6.46. The van der Waals surface area contributed by atoms with Gasteiger partial charge in [-0.2, -0.15) is 0 Å². The number of anilines is 1. The molecule has 1 saturated heterocycles. The smallest absolute Gasteiger partial charge is 0.270 e. The van der Waals surface area contributed by atoms with Crippen LogP contribution in [0.15, 0.2) is 66.7 Å². The second kappa shape index (κ2) is 9.95. The number of halogens is 2. The third-order valence-electron chi connectivity index (χ3n) is 5.93. The van der Waals surface area contributed by atoms with Crippen molar-refractivity contribution in [2.24, 2.45) is 0 Å². The first-order valence-electron chi connectivity index (χ1n) is 10.7. The van der Waals surface area contributed by atoms with Crippen molar-refractivity contribution in [1.82, 2.24) is 5.32 Å². The number of hydrogen-bond donors (Lipinski definition) is 1. The van der Waals surface area contributed by atoms with Crippen molar-refractivity contribution in [3.05, 3.63) is 93.5 Å². The molecule has 0 saturated carbocycles. The van der Waals surface area contributed by atoms with Crippen LogP contribution in [0.25, 0.3) is 0 Å². The van der Waals surface area contributed by atoms with Crippen molar-refractivity contribution in [1.29, 1.82) is 0 Å². The number of carbonyl (C=O) groups is 1. The highest BCUT2D eigenvalue weighted by Gasteiger charge is 2.50. The van der Waals surface area contributed by atoms with E-state index in [1.165, 1.54) is 5.56 Å². The molecule has 32 heavy (non-hydrogen) atoms. The molecule has 1 aliphatic rings. The van der Waals surface area contributed by atoms with Crippen LogP contribution < -0.4 is 15.0 Å². The number of β-lactam (4-membered cyclic amide) rings is 1. The van der Waals surface area contributed by atoms with Crippen molar-refractivity contribution in [2.45, 2.75) is 32.4 Å². The summed E-state index contributed by atoms with van der Waals surface area (Å²) in [5.41, 5.74) is 4.44. The van der Waals surface area contributed by atoms with Crippen molar-refractivity contribution in [3.8, 4) is 5.75 Å². The second-order valence-electron chi connectivity index (χ2n) is 8.05. The molecule has 2 unspecified atom stereocenters. The Kier molecular flexibility index (Phi) is 7.04. The SMILES string of the molecule is Cc1cccc(N2C(=O)C(Oc3ccc(Cl)cc3Cl)C2CNCCc2ccccc2)c1C. The molecule has 1 N–H and O–H groups in total. The molecule has 3 aromatic rings. The molecule has 1 aliphatic heterocycles. The van der Waals surface area contributed by atoms with Gasteiger partial charge in [-0.05, 0) is 67.8 Å². The maximum Gasteiger partial charge on any atom is 0.270 e. The Balaban J connectivity index is 1.50. The molecule has 0 spiro atoms. The van der Waals surface area contributed by atoms with Crippen LogP contribution in [0.5, 0.6) is 5.75 Å². The average Bonchev–Trinajstić information content (AvgIpc) is 2.78. The van der Waals surface area contributed by atoms with E-state index in [1.54, 1.807) is 18.2 Å². The summed E-state index contributed by atoms with van der Waals surface area (Å²) in [4.78, 5) is 15.0. The normalized spacial score (nSPS) is 17.9. The summed E-state index contributed by atoms with van der Waals surface area (Å²) in [5, 5.41) is 4.42. The first kappa shape index (κ1) is 22.7. The minimum atomic E-state index is -0.613. The van der Waals surface area contributed by atoms with E-state index in [4.69, 9.17) is 27.9 Å². The first-order chi connectivity index (χ1) is 15.5. The van der Waals surface area contributed by atoms with Gasteiger partial charge < -0.3 is 15.0 Å². The van der Waals surface area contributed by atoms with Gasteiger partial charge in [0.2, 0.25) is 0 Å². The van der Waals surface area contributed by atoms with Crippen LogP contribution in [0.1, 0.15) is 16.7 Å². The van der Waals surface area contributed by atoms with Gasteiger partial charge in [0, 0.05) is 17.3 Å². The van der Waals surface area contributed by atoms with Crippen molar-refractivity contribution >= 4 is 34.8 Å². The predicted molar refractivity (Wildman–Crippen MR) is 131 cm³/mol. The summed E-state index contributed by atoms with van der Waals surface area (Å²) >= 11 is 12.3. The predicted octanol–water partition coefficient (Wildman–Crippen LogP) is 5.61. The highest BCUT2D eigenvalue weighted by molar-refractivity contribution is 6.35. The lowest BCUT2D eigenvalue weighted by Gasteiger charge is -2.47. The molecule has 6 heteroatoms. The van der Waals surface area contributed by atoms with Gasteiger partial charge in [0.1, 0.15) is 5.75 Å². The van der Waals surface area contributed by atoms with E-state index in [0.717, 1.165) is 29.8 Å². The molecule has 1 fully saturated rings. The Labute approximate surface area is 199 Å². The second-order valence-corrected chi connectivity index (χ2v) is 8.89. The molecule has 0 aromatic heterocycles. The van der Waals surface area contributed by atoms with Gasteiger partial charge in [0.15, 0.2) is 6.10 Å². The van der Waals surface area contributed by atoms with Crippen molar-refractivity contribution in [2.75, 3.05) is 18.0 Å². The summed E-state index contributed by atoms with van der Waals surface area (Å²) in [6.07, 6.45) is 0.303. The van der Waals surface area contributed by atoms with Gasteiger partial charge >= 0.3 is 0 Å². The number of aryl methyl sites for hydroxylation is 1. The number of hydrogen-bond acceptors (Lipinski definition) is 3. The van der Waals surface area contributed by atoms with Crippen LogP contribution >= 0.6 is 23.2 Å². The standard InChI is InChI=1S/C26H26Cl2N2O2/c1-17-7-6-10-22(18(17)2)30-23(16-29-14-13-19-8-4-3-5-9-19)25(26(30)31)32-24-12-11-20(27)15-21(24)28/h3-12,15,23,25,29H,13-14,16H2,1-2H3. The Morgan fingerprint density at radius 1 is 1.00 bits per heavy atom. The van der Waals surface area contributed by atoms with Crippen LogP contribution in [-0.4, -0.2) is 31.1 Å². The topological polar surface area (TPSA) is 41.6 Å². The van der Waals surface area contributed by atoms with Crippen LogP contribution in [0.3, 0.4) is 0 Å². The van der Waals surface area contributed by atoms with E-state index in [9.17, 15) is 4.79 Å². The molecule has 1 amide bonds. The van der Waals surface area contributed by atoms with E-state index in [1.807, 2.05) is 42.2 Å². The molecule has 0 aliphatic carbocycles. The largest absolute Gasteiger partial charge is 0.477 e. The molecule has 4 rings (SSSR count). The number of carbonyl (C=O) groups excluding carboxylic acids is 1. The molecule has 166 valence electrons. The quantitative estimate of drug-likeness (QED) is 0.345. The van der Waals surface area contributed by atoms with Crippen LogP contribution in [0.4, 0.5) is 5.69 Å². The Morgan fingerprint density at radius 2 is 1.78 bits per heavy atom. The number of ether oxygens (including phenoxy) is 1. The molecule has 1 heterocycles. The highest BCUT2D eigenvalue weighted by atomic mass is 35.5. The number of nitrogens with one attached hydrogen (secondary N) is 1. The van der Waals surface area contributed by atoms with Crippen LogP contribution in [-0.2, 0) is 11.2 Å². The Morgan fingerprint density at radius 3 is 2.53 bits per heavy atom. The lowest BCUT2D eigenvalue weighted by molar-refractivity contribution is -0.134. The highest BCUT2D eigenvalue weighted by Crippen LogP contribution is 2.36. The van der Waals surface area contributed by atoms with Gasteiger partial charge in [-0.1, -0.05) is 65.7 Å². The number of nitrogens with zero attached hydrogens (tertiary/aromatic N) is 1. The minimum Gasteiger partial charge on any atom is -0.477 e. The van der Waals surface area contributed by atoms with Gasteiger partial charge in [0.25, 0.3) is 5.91 Å². The molecular weight excluding hydrogens is 443 g/mol. The summed E-state index contributed by atoms with van der Waals surface area (Å²) in [6.45, 7) is 5.52. The lowest BCUT2D eigenvalue weighted by atomic mass is 9.94. The van der Waals surface area contributed by atoms with E-state index in [-0.39, 0.29) is 11.9 Å². The summed E-state index contributed by atoms with van der Waals surface area (Å²) in [6, 6.07) is 21.3. The van der Waals surface area contributed by atoms with Crippen LogP contribution in [0.2, 0.25) is 10.0 Å². The fraction of sp³-hybridized carbons (Fsp3) is 0.269. The molecule has 2 atom stereocenters. The Hall–Kier alpha value is -2.53. The average molecular weight is 469 g/mol. The Bertz CT molecular complexity index is 1100. The minimum absolute atomic E-state index is 0.0698. The fourth-order valence-corrected chi connectivity index (χ4v) is 4.43. The van der Waals surface area contributed by atoms with E-state index < -0.39 is 6.10 Å². The summed E-state index contributed by atoms with van der Waals surface area (Å²) in [5.74, 6) is 0.392. The van der Waals surface area contributed by atoms with E-state index in [0.29, 0.717) is 22.3 Å². The summed E-state index contributed by atoms with van der Waals surface area (Å²) in [7, 11) is 0. The number of amides is 1. The van der Waals surface area contributed by atoms with Gasteiger partial charge in [-0.15, -0.1) is 0 Å². The molecule has 4 nitrogen and oxygen atoms in total.